The molecule has 162 valence electrons. The van der Waals surface area contributed by atoms with E-state index in [1.165, 1.54) is 30.6 Å². The number of rotatable bonds is 9. The van der Waals surface area contributed by atoms with Gasteiger partial charge >= 0.3 is 0 Å². The van der Waals surface area contributed by atoms with Crippen LogP contribution in [0.5, 0.6) is 23.0 Å². The Morgan fingerprint density at radius 2 is 1.68 bits per heavy atom. The highest BCUT2D eigenvalue weighted by atomic mass is 32.1. The van der Waals surface area contributed by atoms with Crippen LogP contribution in [-0.4, -0.2) is 44.7 Å². The number of nitrogens with one attached hydrogen (secondary N) is 1. The van der Waals surface area contributed by atoms with E-state index >= 15 is 0 Å². The van der Waals surface area contributed by atoms with Crippen molar-refractivity contribution >= 4 is 28.3 Å². The van der Waals surface area contributed by atoms with Gasteiger partial charge in [0.25, 0.3) is 11.8 Å². The number of thiazole rings is 1. The van der Waals surface area contributed by atoms with Gasteiger partial charge in [-0.2, -0.15) is 0 Å². The molecular formula is C21H21N3O6S. The van der Waals surface area contributed by atoms with Gasteiger partial charge in [-0.05, 0) is 36.4 Å². The first-order valence-corrected chi connectivity index (χ1v) is 9.91. The van der Waals surface area contributed by atoms with Crippen LogP contribution < -0.4 is 30.0 Å². The highest BCUT2D eigenvalue weighted by Gasteiger charge is 2.15. The quantitative estimate of drug-likeness (QED) is 0.521. The van der Waals surface area contributed by atoms with Crippen LogP contribution in [-0.2, 0) is 4.79 Å². The lowest BCUT2D eigenvalue weighted by molar-refractivity contribution is -0.118. The van der Waals surface area contributed by atoms with E-state index in [-0.39, 0.29) is 17.9 Å². The maximum atomic E-state index is 12.3. The van der Waals surface area contributed by atoms with Crippen molar-refractivity contribution in [3.05, 3.63) is 47.3 Å². The fourth-order valence-electron chi connectivity index (χ4n) is 2.72. The van der Waals surface area contributed by atoms with Crippen molar-refractivity contribution in [2.45, 2.75) is 0 Å². The molecule has 0 fully saturated rings. The Bertz CT molecular complexity index is 1100. The van der Waals surface area contributed by atoms with E-state index in [0.717, 1.165) is 5.56 Å². The smallest absolute Gasteiger partial charge is 0.264 e. The summed E-state index contributed by atoms with van der Waals surface area (Å²) in [5.74, 6) is 0.799. The van der Waals surface area contributed by atoms with Gasteiger partial charge < -0.3 is 24.7 Å². The molecule has 0 atom stereocenters. The molecule has 2 amide bonds. The Morgan fingerprint density at radius 3 is 2.32 bits per heavy atom. The third-order valence-electron chi connectivity index (χ3n) is 4.24. The number of nitrogens with zero attached hydrogens (tertiary/aromatic N) is 1. The summed E-state index contributed by atoms with van der Waals surface area (Å²) in [4.78, 5) is 28.4. The maximum absolute atomic E-state index is 12.3. The lowest BCUT2D eigenvalue weighted by Gasteiger charge is -2.10. The van der Waals surface area contributed by atoms with E-state index in [4.69, 9.17) is 24.7 Å². The Morgan fingerprint density at radius 1 is 1.00 bits per heavy atom. The van der Waals surface area contributed by atoms with E-state index in [9.17, 15) is 9.59 Å². The van der Waals surface area contributed by atoms with Crippen LogP contribution in [0.15, 0.2) is 41.8 Å². The molecule has 0 saturated heterocycles. The standard InChI is InChI=1S/C21H21N3O6S/c1-27-12-4-6-17(29-3)14(8-12)16-11-31-21(23-16)24-19(25)10-30-18-7-5-13(28-2)9-15(18)20(22)26/h4-9,11H,10H2,1-3H3,(H2,22,26)(H,23,24,25). The van der Waals surface area contributed by atoms with Crippen molar-refractivity contribution < 1.29 is 28.5 Å². The average molecular weight is 443 g/mol. The van der Waals surface area contributed by atoms with Crippen LogP contribution in [0, 0.1) is 0 Å². The van der Waals surface area contributed by atoms with Crippen LogP contribution in [0.2, 0.25) is 0 Å². The number of hydrogen-bond donors (Lipinski definition) is 2. The minimum Gasteiger partial charge on any atom is -0.497 e. The number of hydrogen-bond acceptors (Lipinski definition) is 8. The summed E-state index contributed by atoms with van der Waals surface area (Å²) < 4.78 is 21.2. The number of carbonyl (C=O) groups is 2. The van der Waals surface area contributed by atoms with Crippen molar-refractivity contribution in [3.63, 3.8) is 0 Å². The molecule has 9 nitrogen and oxygen atoms in total. The van der Waals surface area contributed by atoms with Crippen LogP contribution in [0.1, 0.15) is 10.4 Å². The number of ether oxygens (including phenoxy) is 4. The second kappa shape index (κ2) is 9.81. The molecule has 0 aliphatic carbocycles. The van der Waals surface area contributed by atoms with Gasteiger partial charge in [-0.15, -0.1) is 11.3 Å². The Hall–Kier alpha value is -3.79. The minimum absolute atomic E-state index is 0.119. The minimum atomic E-state index is -0.689. The fourth-order valence-corrected chi connectivity index (χ4v) is 3.45. The summed E-state index contributed by atoms with van der Waals surface area (Å²) >= 11 is 1.25. The Balaban J connectivity index is 1.68. The first-order valence-electron chi connectivity index (χ1n) is 9.03. The fraction of sp³-hybridized carbons (Fsp3) is 0.190. The molecular weight excluding hydrogens is 422 g/mol. The number of methoxy groups -OCH3 is 3. The number of benzene rings is 2. The maximum Gasteiger partial charge on any atom is 0.264 e. The lowest BCUT2D eigenvalue weighted by Crippen LogP contribution is -2.21. The van der Waals surface area contributed by atoms with Gasteiger partial charge in [0.05, 0.1) is 32.6 Å². The molecule has 0 aliphatic rings. The van der Waals surface area contributed by atoms with Crippen molar-refractivity contribution in [1.29, 1.82) is 0 Å². The molecule has 1 aromatic heterocycles. The SMILES string of the molecule is COc1ccc(OCC(=O)Nc2nc(-c3cc(OC)ccc3OC)cs2)c(C(N)=O)c1. The normalized spacial score (nSPS) is 10.3. The van der Waals surface area contributed by atoms with Crippen molar-refractivity contribution in [2.75, 3.05) is 33.3 Å². The van der Waals surface area contributed by atoms with Gasteiger partial charge in [-0.25, -0.2) is 4.98 Å². The van der Waals surface area contributed by atoms with Crippen molar-refractivity contribution in [1.82, 2.24) is 4.98 Å². The zero-order chi connectivity index (χ0) is 22.4. The molecule has 3 aromatic rings. The monoisotopic (exact) mass is 443 g/mol. The lowest BCUT2D eigenvalue weighted by atomic mass is 10.1. The first kappa shape index (κ1) is 21.9. The molecule has 3 rings (SSSR count). The van der Waals surface area contributed by atoms with Crippen LogP contribution in [0.25, 0.3) is 11.3 Å². The molecule has 31 heavy (non-hydrogen) atoms. The topological polar surface area (TPSA) is 122 Å². The van der Waals surface area contributed by atoms with E-state index < -0.39 is 11.8 Å². The summed E-state index contributed by atoms with van der Waals surface area (Å²) in [7, 11) is 4.61. The molecule has 0 saturated carbocycles. The van der Waals surface area contributed by atoms with E-state index in [1.807, 2.05) is 0 Å². The zero-order valence-corrected chi connectivity index (χ0v) is 17.9. The molecule has 2 aromatic carbocycles. The van der Waals surface area contributed by atoms with Gasteiger partial charge in [0.15, 0.2) is 11.7 Å². The summed E-state index contributed by atoms with van der Waals surface area (Å²) in [6, 6.07) is 9.94. The Kier molecular flexibility index (Phi) is 6.93. The van der Waals surface area contributed by atoms with Gasteiger partial charge in [0.2, 0.25) is 0 Å². The van der Waals surface area contributed by atoms with Crippen LogP contribution in [0.3, 0.4) is 0 Å². The second-order valence-corrected chi connectivity index (χ2v) is 7.03. The van der Waals surface area contributed by atoms with Crippen LogP contribution >= 0.6 is 11.3 Å². The highest BCUT2D eigenvalue weighted by molar-refractivity contribution is 7.14. The number of primary amides is 1. The molecule has 0 spiro atoms. The summed E-state index contributed by atoms with van der Waals surface area (Å²) in [6.07, 6.45) is 0. The van der Waals surface area contributed by atoms with Gasteiger partial charge in [-0.3, -0.25) is 14.9 Å². The number of amides is 2. The highest BCUT2D eigenvalue weighted by Crippen LogP contribution is 2.35. The van der Waals surface area contributed by atoms with E-state index in [0.29, 0.717) is 28.1 Å². The zero-order valence-electron chi connectivity index (χ0n) is 17.1. The number of anilines is 1. The van der Waals surface area contributed by atoms with Gasteiger partial charge in [0.1, 0.15) is 23.0 Å². The molecule has 0 unspecified atom stereocenters. The average Bonchev–Trinajstić information content (AvgIpc) is 3.25. The van der Waals surface area contributed by atoms with E-state index in [1.54, 1.807) is 43.9 Å². The largest absolute Gasteiger partial charge is 0.497 e. The number of nitrogens with two attached hydrogens (primary N) is 1. The van der Waals surface area contributed by atoms with Crippen LogP contribution in [0.4, 0.5) is 5.13 Å². The number of carbonyl (C=O) groups excluding carboxylic acids is 2. The second-order valence-electron chi connectivity index (χ2n) is 6.17. The summed E-state index contributed by atoms with van der Waals surface area (Å²) in [6.45, 7) is -0.329. The molecule has 10 heteroatoms. The van der Waals surface area contributed by atoms with Crippen molar-refractivity contribution in [3.8, 4) is 34.3 Å². The summed E-state index contributed by atoms with van der Waals surface area (Å²) in [5.41, 5.74) is 6.85. The molecule has 0 radical (unpaired) electrons. The molecule has 3 N–H and O–H groups in total. The predicted molar refractivity (Wildman–Crippen MR) is 116 cm³/mol. The third-order valence-corrected chi connectivity index (χ3v) is 5.00. The molecule has 0 bridgehead atoms. The molecule has 1 heterocycles. The predicted octanol–water partition coefficient (Wildman–Crippen LogP) is 2.95. The third kappa shape index (κ3) is 5.23. The van der Waals surface area contributed by atoms with Gasteiger partial charge in [0, 0.05) is 10.9 Å². The summed E-state index contributed by atoms with van der Waals surface area (Å²) in [5, 5.41) is 4.85. The van der Waals surface area contributed by atoms with E-state index in [2.05, 4.69) is 10.3 Å². The first-order chi connectivity index (χ1) is 14.9. The Labute approximate surface area is 182 Å². The van der Waals surface area contributed by atoms with Gasteiger partial charge in [-0.1, -0.05) is 0 Å². The van der Waals surface area contributed by atoms with Crippen molar-refractivity contribution in [2.24, 2.45) is 5.73 Å². The number of aromatic nitrogens is 1. The molecule has 0 aliphatic heterocycles.